The molecule has 5 atom stereocenters. The SMILES string of the molecule is CC1CCC(C2CC3CCC(C)C(F)C3C2(F)F)CC1. The van der Waals surface area contributed by atoms with E-state index in [0.717, 1.165) is 38.5 Å². The Bertz CT molecular complexity index is 346. The average Bonchev–Trinajstić information content (AvgIpc) is 2.67. The maximum Gasteiger partial charge on any atom is 0.257 e. The second-order valence-corrected chi connectivity index (χ2v) is 7.82. The number of hydrogen-bond donors (Lipinski definition) is 0. The molecular weight excluding hydrogens is 261 g/mol. The van der Waals surface area contributed by atoms with E-state index in [0.29, 0.717) is 12.3 Å². The van der Waals surface area contributed by atoms with Crippen molar-refractivity contribution in [1.82, 2.24) is 0 Å². The maximum atomic E-state index is 14.8. The van der Waals surface area contributed by atoms with Crippen molar-refractivity contribution in [3.63, 3.8) is 0 Å². The molecule has 3 aliphatic rings. The van der Waals surface area contributed by atoms with Crippen molar-refractivity contribution in [3.8, 4) is 0 Å². The molecule has 116 valence electrons. The van der Waals surface area contributed by atoms with E-state index < -0.39 is 23.9 Å². The molecule has 0 aliphatic heterocycles. The summed E-state index contributed by atoms with van der Waals surface area (Å²) in [6, 6.07) is 0. The third-order valence-electron chi connectivity index (χ3n) is 6.51. The van der Waals surface area contributed by atoms with Gasteiger partial charge in [-0.2, -0.15) is 0 Å². The summed E-state index contributed by atoms with van der Waals surface area (Å²) < 4.78 is 44.0. The van der Waals surface area contributed by atoms with E-state index in [1.165, 1.54) is 0 Å². The van der Waals surface area contributed by atoms with Crippen LogP contribution in [0.4, 0.5) is 13.2 Å². The minimum atomic E-state index is -2.77. The maximum absolute atomic E-state index is 14.8. The van der Waals surface area contributed by atoms with Gasteiger partial charge in [0.25, 0.3) is 5.92 Å². The minimum absolute atomic E-state index is 0.0689. The van der Waals surface area contributed by atoms with Gasteiger partial charge in [0, 0.05) is 5.92 Å². The predicted octanol–water partition coefficient (Wildman–Crippen LogP) is 5.47. The molecule has 5 unspecified atom stereocenters. The van der Waals surface area contributed by atoms with Gasteiger partial charge < -0.3 is 0 Å². The zero-order chi connectivity index (χ0) is 14.5. The molecule has 0 radical (unpaired) electrons. The highest BCUT2D eigenvalue weighted by Crippen LogP contribution is 2.59. The van der Waals surface area contributed by atoms with Gasteiger partial charge in [-0.1, -0.05) is 26.7 Å². The Morgan fingerprint density at radius 3 is 2.10 bits per heavy atom. The highest BCUT2D eigenvalue weighted by molar-refractivity contribution is 5.05. The van der Waals surface area contributed by atoms with E-state index >= 15 is 0 Å². The quantitative estimate of drug-likeness (QED) is 0.600. The van der Waals surface area contributed by atoms with Crippen LogP contribution in [0.2, 0.25) is 0 Å². The fourth-order valence-electron chi connectivity index (χ4n) is 5.15. The molecule has 3 aliphatic carbocycles. The molecule has 0 nitrogen and oxygen atoms in total. The van der Waals surface area contributed by atoms with Crippen LogP contribution < -0.4 is 0 Å². The zero-order valence-corrected chi connectivity index (χ0v) is 12.6. The van der Waals surface area contributed by atoms with Gasteiger partial charge in [-0.25, -0.2) is 13.2 Å². The molecule has 3 heteroatoms. The molecule has 0 N–H and O–H groups in total. The first-order valence-corrected chi connectivity index (χ1v) is 8.43. The standard InChI is InChI=1S/C17H27F3/c1-10-3-6-12(7-4-10)14-9-13-8-5-11(2)16(18)15(13)17(14,19)20/h10-16H,3-9H2,1-2H3. The lowest BCUT2D eigenvalue weighted by Crippen LogP contribution is -2.44. The number of rotatable bonds is 1. The van der Waals surface area contributed by atoms with Gasteiger partial charge in [-0.05, 0) is 55.8 Å². The van der Waals surface area contributed by atoms with Crippen molar-refractivity contribution in [2.45, 2.75) is 70.9 Å². The summed E-state index contributed by atoms with van der Waals surface area (Å²) in [5, 5.41) is 0. The second kappa shape index (κ2) is 5.21. The highest BCUT2D eigenvalue weighted by Gasteiger charge is 2.63. The zero-order valence-electron chi connectivity index (χ0n) is 12.6. The summed E-state index contributed by atoms with van der Waals surface area (Å²) in [4.78, 5) is 0. The van der Waals surface area contributed by atoms with Gasteiger partial charge in [0.1, 0.15) is 6.17 Å². The van der Waals surface area contributed by atoms with Crippen molar-refractivity contribution in [1.29, 1.82) is 0 Å². The van der Waals surface area contributed by atoms with E-state index in [2.05, 4.69) is 6.92 Å². The Balaban J connectivity index is 1.77. The summed E-state index contributed by atoms with van der Waals surface area (Å²) in [5.41, 5.74) is 0. The first-order valence-electron chi connectivity index (χ1n) is 8.43. The summed E-state index contributed by atoms with van der Waals surface area (Å²) in [5.74, 6) is -3.76. The molecule has 0 bridgehead atoms. The topological polar surface area (TPSA) is 0 Å². The molecule has 20 heavy (non-hydrogen) atoms. The van der Waals surface area contributed by atoms with Crippen LogP contribution in [-0.4, -0.2) is 12.1 Å². The van der Waals surface area contributed by atoms with Crippen LogP contribution in [0, 0.1) is 35.5 Å². The third-order valence-corrected chi connectivity index (χ3v) is 6.51. The van der Waals surface area contributed by atoms with E-state index in [1.54, 1.807) is 6.92 Å². The molecule has 3 rings (SSSR count). The van der Waals surface area contributed by atoms with Crippen LogP contribution in [0.25, 0.3) is 0 Å². The fraction of sp³-hybridized carbons (Fsp3) is 1.00. The van der Waals surface area contributed by atoms with Crippen molar-refractivity contribution in [3.05, 3.63) is 0 Å². The second-order valence-electron chi connectivity index (χ2n) is 7.82. The Labute approximate surface area is 120 Å². The van der Waals surface area contributed by atoms with E-state index in [4.69, 9.17) is 0 Å². The predicted molar refractivity (Wildman–Crippen MR) is 74.5 cm³/mol. The summed E-state index contributed by atoms with van der Waals surface area (Å²) >= 11 is 0. The first kappa shape index (κ1) is 14.7. The van der Waals surface area contributed by atoms with Crippen LogP contribution in [0.15, 0.2) is 0 Å². The normalized spacial score (nSPS) is 51.8. The van der Waals surface area contributed by atoms with Crippen LogP contribution in [0.1, 0.15) is 58.8 Å². The summed E-state index contributed by atoms with van der Waals surface area (Å²) in [6.45, 7) is 4.01. The number of hydrogen-bond acceptors (Lipinski definition) is 0. The van der Waals surface area contributed by atoms with Crippen LogP contribution in [0.3, 0.4) is 0 Å². The fourth-order valence-corrected chi connectivity index (χ4v) is 5.15. The van der Waals surface area contributed by atoms with E-state index in [-0.39, 0.29) is 17.8 Å². The Hall–Kier alpha value is -0.210. The lowest BCUT2D eigenvalue weighted by atomic mass is 9.73. The van der Waals surface area contributed by atoms with Crippen molar-refractivity contribution in [2.24, 2.45) is 35.5 Å². The van der Waals surface area contributed by atoms with Crippen molar-refractivity contribution >= 4 is 0 Å². The van der Waals surface area contributed by atoms with E-state index in [1.807, 2.05) is 0 Å². The van der Waals surface area contributed by atoms with Crippen molar-refractivity contribution < 1.29 is 13.2 Å². The molecular formula is C17H27F3. The minimum Gasteiger partial charge on any atom is -0.247 e. The van der Waals surface area contributed by atoms with Gasteiger partial charge in [0.15, 0.2) is 0 Å². The van der Waals surface area contributed by atoms with Gasteiger partial charge >= 0.3 is 0 Å². The van der Waals surface area contributed by atoms with Gasteiger partial charge in [-0.3, -0.25) is 0 Å². The third kappa shape index (κ3) is 2.29. The van der Waals surface area contributed by atoms with Gasteiger partial charge in [-0.15, -0.1) is 0 Å². The summed E-state index contributed by atoms with van der Waals surface area (Å²) in [7, 11) is 0. The van der Waals surface area contributed by atoms with Gasteiger partial charge in [0.05, 0.1) is 5.92 Å². The molecule has 0 saturated heterocycles. The van der Waals surface area contributed by atoms with Gasteiger partial charge in [0.2, 0.25) is 0 Å². The lowest BCUT2D eigenvalue weighted by molar-refractivity contribution is -0.135. The molecule has 0 heterocycles. The van der Waals surface area contributed by atoms with E-state index in [9.17, 15) is 13.2 Å². The Morgan fingerprint density at radius 2 is 1.45 bits per heavy atom. The molecule has 0 aromatic heterocycles. The largest absolute Gasteiger partial charge is 0.257 e. The lowest BCUT2D eigenvalue weighted by Gasteiger charge is -2.38. The highest BCUT2D eigenvalue weighted by atomic mass is 19.3. The Kier molecular flexibility index (Phi) is 3.83. The molecule has 0 aromatic rings. The molecule has 3 saturated carbocycles. The molecule has 0 spiro atoms. The Morgan fingerprint density at radius 1 is 0.850 bits per heavy atom. The van der Waals surface area contributed by atoms with Crippen molar-refractivity contribution in [2.75, 3.05) is 0 Å². The number of halogens is 3. The first-order chi connectivity index (χ1) is 9.41. The molecule has 3 fully saturated rings. The van der Waals surface area contributed by atoms with Crippen LogP contribution >= 0.6 is 0 Å². The number of alkyl halides is 3. The number of fused-ring (bicyclic) bond motifs is 1. The smallest absolute Gasteiger partial charge is 0.247 e. The van der Waals surface area contributed by atoms with Crippen LogP contribution in [-0.2, 0) is 0 Å². The molecule has 0 aromatic carbocycles. The van der Waals surface area contributed by atoms with Crippen LogP contribution in [0.5, 0.6) is 0 Å². The average molecular weight is 288 g/mol. The molecule has 0 amide bonds. The monoisotopic (exact) mass is 288 g/mol. The summed E-state index contributed by atoms with van der Waals surface area (Å²) in [6.07, 6.45) is 4.86.